The molecule has 0 bridgehead atoms. The van der Waals surface area contributed by atoms with Crippen molar-refractivity contribution >= 4 is 56.2 Å². The summed E-state index contributed by atoms with van der Waals surface area (Å²) in [6.07, 6.45) is 0. The quantitative estimate of drug-likeness (QED) is 0.402. The Bertz CT molecular complexity index is 1120. The normalized spacial score (nSPS) is 12.6. The van der Waals surface area contributed by atoms with E-state index in [0.717, 1.165) is 11.3 Å². The third-order valence-electron chi connectivity index (χ3n) is 4.57. The van der Waals surface area contributed by atoms with Crippen molar-refractivity contribution in [1.29, 1.82) is 0 Å². The number of halogens is 2. The van der Waals surface area contributed by atoms with Crippen LogP contribution in [0, 0.1) is 6.92 Å². The number of hydrogen-bond donors (Lipinski definition) is 2. The summed E-state index contributed by atoms with van der Waals surface area (Å²) >= 11 is 9.45. The summed E-state index contributed by atoms with van der Waals surface area (Å²) in [4.78, 5) is 26.3. The number of benzene rings is 3. The van der Waals surface area contributed by atoms with Gasteiger partial charge >= 0.3 is 0 Å². The molecule has 0 aliphatic heterocycles. The highest BCUT2D eigenvalue weighted by Crippen LogP contribution is 2.40. The molecule has 0 radical (unpaired) electrons. The van der Waals surface area contributed by atoms with Crippen molar-refractivity contribution in [1.82, 2.24) is 0 Å². The molecule has 0 spiro atoms. The van der Waals surface area contributed by atoms with E-state index < -0.39 is 0 Å². The number of hydrogen-bond acceptors (Lipinski definition) is 4. The molecule has 3 aromatic rings. The van der Waals surface area contributed by atoms with Gasteiger partial charge in [-0.2, -0.15) is 0 Å². The number of ketones is 2. The van der Waals surface area contributed by atoms with Crippen LogP contribution in [0.4, 0.5) is 17.1 Å². The molecule has 0 heterocycles. The lowest BCUT2D eigenvalue weighted by molar-refractivity contribution is 0.0980. The molecule has 0 unspecified atom stereocenters. The van der Waals surface area contributed by atoms with Crippen molar-refractivity contribution in [2.45, 2.75) is 6.92 Å². The third-order valence-corrected chi connectivity index (χ3v) is 5.46. The number of nitrogens with one attached hydrogen (secondary N) is 1. The number of nitrogens with two attached hydrogens (primary N) is 1. The summed E-state index contributed by atoms with van der Waals surface area (Å²) in [7, 11) is 0. The Morgan fingerprint density at radius 3 is 2.30 bits per heavy atom. The summed E-state index contributed by atoms with van der Waals surface area (Å²) < 4.78 is 0.550. The van der Waals surface area contributed by atoms with E-state index in [2.05, 4.69) is 21.2 Å². The van der Waals surface area contributed by atoms with Crippen LogP contribution in [0.1, 0.15) is 37.4 Å². The van der Waals surface area contributed by atoms with Crippen LogP contribution in [0.3, 0.4) is 0 Å². The summed E-state index contributed by atoms with van der Waals surface area (Å²) in [6, 6.07) is 14.1. The first-order valence-electron chi connectivity index (χ1n) is 8.21. The summed E-state index contributed by atoms with van der Waals surface area (Å²) in [5, 5.41) is 3.63. The first-order valence-corrected chi connectivity index (χ1v) is 9.38. The van der Waals surface area contributed by atoms with E-state index in [0.29, 0.717) is 20.7 Å². The van der Waals surface area contributed by atoms with Crippen LogP contribution in [0.15, 0.2) is 53.0 Å². The second-order valence-corrected chi connectivity index (χ2v) is 7.70. The predicted molar refractivity (Wildman–Crippen MR) is 111 cm³/mol. The van der Waals surface area contributed by atoms with Crippen molar-refractivity contribution in [2.75, 3.05) is 11.1 Å². The van der Waals surface area contributed by atoms with Gasteiger partial charge in [0.25, 0.3) is 0 Å². The predicted octanol–water partition coefficient (Wildman–Crippen LogP) is 5.51. The smallest absolute Gasteiger partial charge is 0.196 e. The van der Waals surface area contributed by atoms with E-state index >= 15 is 0 Å². The molecule has 0 amide bonds. The van der Waals surface area contributed by atoms with Gasteiger partial charge in [0.05, 0.1) is 22.5 Å². The maximum absolute atomic E-state index is 13.2. The van der Waals surface area contributed by atoms with E-state index in [4.69, 9.17) is 17.3 Å². The van der Waals surface area contributed by atoms with Crippen LogP contribution in [0.2, 0.25) is 5.02 Å². The third kappa shape index (κ3) is 2.93. The monoisotopic (exact) mass is 440 g/mol. The maximum Gasteiger partial charge on any atom is 0.196 e. The summed E-state index contributed by atoms with van der Waals surface area (Å²) in [5.41, 5.74) is 9.90. The van der Waals surface area contributed by atoms with Crippen LogP contribution in [0.25, 0.3) is 0 Å². The van der Waals surface area contributed by atoms with Crippen molar-refractivity contribution in [3.05, 3.63) is 85.8 Å². The van der Waals surface area contributed by atoms with Gasteiger partial charge in [0.15, 0.2) is 11.6 Å². The maximum atomic E-state index is 13.2. The fourth-order valence-corrected chi connectivity index (χ4v) is 3.80. The molecular weight excluding hydrogens is 428 g/mol. The van der Waals surface area contributed by atoms with Gasteiger partial charge in [-0.15, -0.1) is 0 Å². The number of carbonyl (C=O) groups is 2. The zero-order valence-electron chi connectivity index (χ0n) is 14.3. The molecule has 0 atom stereocenters. The Balaban J connectivity index is 1.93. The van der Waals surface area contributed by atoms with Crippen LogP contribution in [0.5, 0.6) is 0 Å². The molecule has 6 heteroatoms. The Labute approximate surface area is 169 Å². The van der Waals surface area contributed by atoms with Gasteiger partial charge in [0.2, 0.25) is 0 Å². The van der Waals surface area contributed by atoms with Crippen LogP contribution >= 0.6 is 27.5 Å². The van der Waals surface area contributed by atoms with E-state index in [1.165, 1.54) is 6.07 Å². The Kier molecular flexibility index (Phi) is 4.29. The van der Waals surface area contributed by atoms with Crippen molar-refractivity contribution in [2.24, 2.45) is 0 Å². The van der Waals surface area contributed by atoms with Crippen molar-refractivity contribution in [3.8, 4) is 0 Å². The molecule has 0 fully saturated rings. The SMILES string of the molecule is Cc1ccc(Nc2cc(Br)c(N)c3c2C(=O)c2cc(Cl)ccc2C3=O)cc1. The van der Waals surface area contributed by atoms with E-state index in [1.807, 2.05) is 31.2 Å². The molecule has 3 N–H and O–H groups in total. The first kappa shape index (κ1) is 17.8. The van der Waals surface area contributed by atoms with Gasteiger partial charge in [-0.1, -0.05) is 29.3 Å². The fraction of sp³-hybridized carbons (Fsp3) is 0.0476. The Morgan fingerprint density at radius 1 is 0.926 bits per heavy atom. The molecule has 27 heavy (non-hydrogen) atoms. The standard InChI is InChI=1S/C21H14BrClN2O2/c1-10-2-5-12(6-3-10)25-16-9-15(22)19(24)18-17(16)21(27)14-8-11(23)4-7-13(14)20(18)26/h2-9,25H,24H2,1H3. The van der Waals surface area contributed by atoms with Crippen LogP contribution in [-0.4, -0.2) is 11.6 Å². The number of nitrogen functional groups attached to an aromatic ring is 1. The number of fused-ring (bicyclic) bond motifs is 2. The largest absolute Gasteiger partial charge is 0.397 e. The van der Waals surface area contributed by atoms with Gasteiger partial charge < -0.3 is 11.1 Å². The van der Waals surface area contributed by atoms with Crippen LogP contribution < -0.4 is 11.1 Å². The highest BCUT2D eigenvalue weighted by Gasteiger charge is 2.34. The zero-order valence-corrected chi connectivity index (χ0v) is 16.6. The van der Waals surface area contributed by atoms with Gasteiger partial charge in [-0.3, -0.25) is 9.59 Å². The second kappa shape index (κ2) is 6.51. The Hall–Kier alpha value is -2.63. The highest BCUT2D eigenvalue weighted by atomic mass is 79.9. The number of anilines is 3. The second-order valence-electron chi connectivity index (χ2n) is 6.41. The topological polar surface area (TPSA) is 72.2 Å². The minimum Gasteiger partial charge on any atom is -0.397 e. The van der Waals surface area contributed by atoms with Gasteiger partial charge in [0.1, 0.15) is 0 Å². The average molecular weight is 442 g/mol. The Morgan fingerprint density at radius 2 is 1.59 bits per heavy atom. The number of aryl methyl sites for hydroxylation is 1. The number of carbonyl (C=O) groups excluding carboxylic acids is 2. The molecule has 0 saturated carbocycles. The molecule has 0 aromatic heterocycles. The highest BCUT2D eigenvalue weighted by molar-refractivity contribution is 9.10. The molecular formula is C21H14BrClN2O2. The van der Waals surface area contributed by atoms with Gasteiger partial charge in [-0.05, 0) is 59.3 Å². The minimum atomic E-state index is -0.290. The molecule has 134 valence electrons. The summed E-state index contributed by atoms with van der Waals surface area (Å²) in [5.74, 6) is -0.571. The van der Waals surface area contributed by atoms with Crippen molar-refractivity contribution < 1.29 is 9.59 Å². The molecule has 4 rings (SSSR count). The molecule has 4 nitrogen and oxygen atoms in total. The van der Waals surface area contributed by atoms with Gasteiger partial charge in [0, 0.05) is 26.3 Å². The lowest BCUT2D eigenvalue weighted by Gasteiger charge is -2.23. The van der Waals surface area contributed by atoms with E-state index in [-0.39, 0.29) is 33.9 Å². The lowest BCUT2D eigenvalue weighted by atomic mass is 9.82. The molecule has 1 aliphatic carbocycles. The van der Waals surface area contributed by atoms with E-state index in [9.17, 15) is 9.59 Å². The van der Waals surface area contributed by atoms with Crippen molar-refractivity contribution in [3.63, 3.8) is 0 Å². The average Bonchev–Trinajstić information content (AvgIpc) is 2.64. The lowest BCUT2D eigenvalue weighted by Crippen LogP contribution is -2.24. The van der Waals surface area contributed by atoms with E-state index in [1.54, 1.807) is 18.2 Å². The van der Waals surface area contributed by atoms with Gasteiger partial charge in [-0.25, -0.2) is 0 Å². The molecule has 1 aliphatic rings. The van der Waals surface area contributed by atoms with Crippen LogP contribution in [-0.2, 0) is 0 Å². The fourth-order valence-electron chi connectivity index (χ4n) is 3.20. The summed E-state index contributed by atoms with van der Waals surface area (Å²) in [6.45, 7) is 1.99. The molecule has 3 aromatic carbocycles. The number of rotatable bonds is 2. The molecule has 0 saturated heterocycles. The first-order chi connectivity index (χ1) is 12.9. The zero-order chi connectivity index (χ0) is 19.3. The minimum absolute atomic E-state index is 0.207.